The van der Waals surface area contributed by atoms with Gasteiger partial charge in [-0.15, -0.1) is 6.58 Å². The summed E-state index contributed by atoms with van der Waals surface area (Å²) in [5, 5.41) is 0. The van der Waals surface area contributed by atoms with Crippen LogP contribution in [0.25, 0.3) is 0 Å². The lowest BCUT2D eigenvalue weighted by Gasteiger charge is -2.23. The summed E-state index contributed by atoms with van der Waals surface area (Å²) >= 11 is 0. The number of ether oxygens (including phenoxy) is 1. The van der Waals surface area contributed by atoms with Crippen molar-refractivity contribution in [3.05, 3.63) is 75.7 Å². The summed E-state index contributed by atoms with van der Waals surface area (Å²) in [6.45, 7) is 10.5. The van der Waals surface area contributed by atoms with Crippen LogP contribution in [-0.4, -0.2) is 29.0 Å². The number of hydrogen-bond donors (Lipinski definition) is 0. The maximum absolute atomic E-state index is 13.2. The smallest absolute Gasteiger partial charge is 0.263 e. The molecule has 0 N–H and O–H groups in total. The minimum atomic E-state index is -0.291. The summed E-state index contributed by atoms with van der Waals surface area (Å²) in [5.74, 6) is 0.418. The Morgan fingerprint density at radius 3 is 2.62 bits per heavy atom. The van der Waals surface area contributed by atoms with Crippen LogP contribution in [0.5, 0.6) is 5.75 Å². The number of rotatable bonds is 7. The molecule has 0 spiro atoms. The molecule has 1 aromatic heterocycles. The first-order valence-electron chi connectivity index (χ1n) is 8.67. The van der Waals surface area contributed by atoms with E-state index in [0.29, 0.717) is 30.9 Å². The Morgan fingerprint density at radius 1 is 1.31 bits per heavy atom. The Kier molecular flexibility index (Phi) is 6.39. The van der Waals surface area contributed by atoms with Gasteiger partial charge in [-0.1, -0.05) is 24.3 Å². The van der Waals surface area contributed by atoms with Crippen molar-refractivity contribution in [2.24, 2.45) is 0 Å². The van der Waals surface area contributed by atoms with Crippen molar-refractivity contribution in [2.75, 3.05) is 13.7 Å². The first-order chi connectivity index (χ1) is 12.4. The predicted molar refractivity (Wildman–Crippen MR) is 104 cm³/mol. The lowest BCUT2D eigenvalue weighted by Crippen LogP contribution is -2.38. The first kappa shape index (κ1) is 19.5. The quantitative estimate of drug-likeness (QED) is 0.717. The van der Waals surface area contributed by atoms with E-state index in [-0.39, 0.29) is 17.0 Å². The van der Waals surface area contributed by atoms with Crippen LogP contribution < -0.4 is 10.3 Å². The molecule has 138 valence electrons. The van der Waals surface area contributed by atoms with Gasteiger partial charge in [0, 0.05) is 30.9 Å². The second-order valence-electron chi connectivity index (χ2n) is 6.18. The molecular formula is C21H26N2O3. The van der Waals surface area contributed by atoms with Crippen molar-refractivity contribution in [3.8, 4) is 5.75 Å². The average Bonchev–Trinajstić information content (AvgIpc) is 2.61. The maximum Gasteiger partial charge on any atom is 0.263 e. The molecule has 0 aliphatic heterocycles. The summed E-state index contributed by atoms with van der Waals surface area (Å²) in [5.41, 5.74) is 2.40. The van der Waals surface area contributed by atoms with Gasteiger partial charge in [-0.05, 0) is 38.5 Å². The van der Waals surface area contributed by atoms with Crippen LogP contribution in [0.1, 0.15) is 34.1 Å². The molecule has 0 atom stereocenters. The van der Waals surface area contributed by atoms with E-state index in [1.807, 2.05) is 44.2 Å². The lowest BCUT2D eigenvalue weighted by atomic mass is 10.1. The highest BCUT2D eigenvalue weighted by Gasteiger charge is 2.23. The van der Waals surface area contributed by atoms with Crippen molar-refractivity contribution < 1.29 is 9.53 Å². The Bertz CT molecular complexity index is 868. The maximum atomic E-state index is 13.2. The third kappa shape index (κ3) is 3.87. The highest BCUT2D eigenvalue weighted by molar-refractivity contribution is 5.95. The minimum absolute atomic E-state index is 0.217. The largest absolute Gasteiger partial charge is 0.496 e. The SMILES string of the molecule is C=CCN(Cc1ccccc1OC)C(=O)c1c(C)cc(C)n(CC)c1=O. The number of aryl methyl sites for hydroxylation is 2. The van der Waals surface area contributed by atoms with Crippen molar-refractivity contribution >= 4 is 5.91 Å². The minimum Gasteiger partial charge on any atom is -0.496 e. The van der Waals surface area contributed by atoms with E-state index in [4.69, 9.17) is 4.74 Å². The van der Waals surface area contributed by atoms with E-state index < -0.39 is 0 Å². The highest BCUT2D eigenvalue weighted by Crippen LogP contribution is 2.20. The van der Waals surface area contributed by atoms with Gasteiger partial charge in [0.2, 0.25) is 0 Å². The summed E-state index contributed by atoms with van der Waals surface area (Å²) in [7, 11) is 1.60. The van der Waals surface area contributed by atoms with E-state index in [2.05, 4.69) is 6.58 Å². The molecule has 0 unspecified atom stereocenters. The van der Waals surface area contributed by atoms with Crippen LogP contribution in [0.15, 0.2) is 47.8 Å². The van der Waals surface area contributed by atoms with Crippen molar-refractivity contribution in [1.29, 1.82) is 0 Å². The fourth-order valence-corrected chi connectivity index (χ4v) is 3.15. The molecule has 2 rings (SSSR count). The molecule has 2 aromatic rings. The van der Waals surface area contributed by atoms with Gasteiger partial charge in [0.25, 0.3) is 11.5 Å². The number of carbonyl (C=O) groups excluding carboxylic acids is 1. The molecule has 5 heteroatoms. The lowest BCUT2D eigenvalue weighted by molar-refractivity contribution is 0.0758. The van der Waals surface area contributed by atoms with Crippen LogP contribution >= 0.6 is 0 Å². The van der Waals surface area contributed by atoms with Gasteiger partial charge in [0.15, 0.2) is 0 Å². The molecule has 1 aromatic carbocycles. The van der Waals surface area contributed by atoms with Crippen molar-refractivity contribution in [2.45, 2.75) is 33.9 Å². The molecular weight excluding hydrogens is 328 g/mol. The monoisotopic (exact) mass is 354 g/mol. The molecule has 26 heavy (non-hydrogen) atoms. The van der Waals surface area contributed by atoms with Gasteiger partial charge in [0.1, 0.15) is 11.3 Å². The third-order valence-electron chi connectivity index (χ3n) is 4.43. The van der Waals surface area contributed by atoms with Crippen LogP contribution in [0.4, 0.5) is 0 Å². The molecule has 0 bridgehead atoms. The first-order valence-corrected chi connectivity index (χ1v) is 8.67. The highest BCUT2D eigenvalue weighted by atomic mass is 16.5. The van der Waals surface area contributed by atoms with Gasteiger partial charge < -0.3 is 14.2 Å². The van der Waals surface area contributed by atoms with E-state index >= 15 is 0 Å². The Labute approximate surface area is 154 Å². The number of pyridine rings is 1. The normalized spacial score (nSPS) is 10.5. The summed E-state index contributed by atoms with van der Waals surface area (Å²) in [4.78, 5) is 27.6. The molecule has 0 aliphatic carbocycles. The molecule has 0 radical (unpaired) electrons. The summed E-state index contributed by atoms with van der Waals surface area (Å²) in [6.07, 6.45) is 1.66. The molecule has 0 aliphatic rings. The summed E-state index contributed by atoms with van der Waals surface area (Å²) < 4.78 is 7.00. The number of para-hydroxylation sites is 1. The number of nitrogens with zero attached hydrogens (tertiary/aromatic N) is 2. The molecule has 5 nitrogen and oxygen atoms in total. The molecule has 1 amide bonds. The Balaban J connectivity index is 2.47. The van der Waals surface area contributed by atoms with Gasteiger partial charge in [-0.2, -0.15) is 0 Å². The van der Waals surface area contributed by atoms with Crippen molar-refractivity contribution in [1.82, 2.24) is 9.47 Å². The molecule has 0 saturated heterocycles. The van der Waals surface area contributed by atoms with Gasteiger partial charge in [-0.3, -0.25) is 9.59 Å². The third-order valence-corrected chi connectivity index (χ3v) is 4.43. The predicted octanol–water partition coefficient (Wildman–Crippen LogP) is 3.32. The number of methoxy groups -OCH3 is 1. The number of amides is 1. The number of hydrogen-bond acceptors (Lipinski definition) is 3. The number of aromatic nitrogens is 1. The van der Waals surface area contributed by atoms with Crippen LogP contribution in [-0.2, 0) is 13.1 Å². The molecule has 1 heterocycles. The van der Waals surface area contributed by atoms with E-state index in [1.165, 1.54) is 0 Å². The summed E-state index contributed by atoms with van der Waals surface area (Å²) in [6, 6.07) is 9.43. The Hall–Kier alpha value is -2.82. The van der Waals surface area contributed by atoms with Gasteiger partial charge in [0.05, 0.1) is 7.11 Å². The van der Waals surface area contributed by atoms with E-state index in [1.54, 1.807) is 29.6 Å². The second kappa shape index (κ2) is 8.52. The molecule has 0 fully saturated rings. The van der Waals surface area contributed by atoms with Crippen LogP contribution in [0, 0.1) is 13.8 Å². The average molecular weight is 354 g/mol. The zero-order chi connectivity index (χ0) is 19.3. The van der Waals surface area contributed by atoms with E-state index in [9.17, 15) is 9.59 Å². The number of carbonyl (C=O) groups is 1. The van der Waals surface area contributed by atoms with Crippen molar-refractivity contribution in [3.63, 3.8) is 0 Å². The second-order valence-corrected chi connectivity index (χ2v) is 6.18. The zero-order valence-corrected chi connectivity index (χ0v) is 15.9. The zero-order valence-electron chi connectivity index (χ0n) is 15.9. The van der Waals surface area contributed by atoms with E-state index in [0.717, 1.165) is 11.3 Å². The fourth-order valence-electron chi connectivity index (χ4n) is 3.15. The topological polar surface area (TPSA) is 51.5 Å². The fraction of sp³-hybridized carbons (Fsp3) is 0.333. The van der Waals surface area contributed by atoms with Crippen LogP contribution in [0.2, 0.25) is 0 Å². The Morgan fingerprint density at radius 2 is 2.00 bits per heavy atom. The van der Waals surface area contributed by atoms with Crippen LogP contribution in [0.3, 0.4) is 0 Å². The number of benzene rings is 1. The molecule has 0 saturated carbocycles. The van der Waals surface area contributed by atoms with Gasteiger partial charge >= 0.3 is 0 Å². The van der Waals surface area contributed by atoms with Gasteiger partial charge in [-0.25, -0.2) is 0 Å². The standard InChI is InChI=1S/C21H26N2O3/c1-6-12-22(14-17-10-8-9-11-18(17)26-5)20(24)19-15(3)13-16(4)23(7-2)21(19)25/h6,8-11,13H,1,7,12,14H2,2-5H3.